The number of aliphatic hydroxyl groups excluding tert-OH is 2. The third-order valence-electron chi connectivity index (χ3n) is 1.93. The number of hydrogen-bond donors (Lipinski definition) is 3. The summed E-state index contributed by atoms with van der Waals surface area (Å²) >= 11 is 0. The largest absolute Gasteiger partial charge is 0.465 e. The van der Waals surface area contributed by atoms with Gasteiger partial charge in [0.1, 0.15) is 6.10 Å². The average Bonchev–Trinajstić information content (AvgIpc) is 2.44. The number of ether oxygens (including phenoxy) is 1. The standard InChI is InChI=1S/C7H13NO5/c9-1-2-13-6-4-8(7(11)12)3-5(6)10/h5-6,9-10H,1-4H2,(H,11,12)/t5-,6-/m0/s1. The molecule has 0 bridgehead atoms. The fourth-order valence-corrected chi connectivity index (χ4v) is 1.28. The van der Waals surface area contributed by atoms with E-state index in [9.17, 15) is 9.90 Å². The molecule has 1 aliphatic heterocycles. The molecular formula is C7H13NO5. The highest BCUT2D eigenvalue weighted by Crippen LogP contribution is 2.13. The van der Waals surface area contributed by atoms with Gasteiger partial charge in [0.25, 0.3) is 0 Å². The quantitative estimate of drug-likeness (QED) is 0.517. The molecule has 1 fully saturated rings. The van der Waals surface area contributed by atoms with Crippen LogP contribution in [0.15, 0.2) is 0 Å². The van der Waals surface area contributed by atoms with Gasteiger partial charge in [-0.05, 0) is 0 Å². The van der Waals surface area contributed by atoms with Crippen LogP contribution >= 0.6 is 0 Å². The van der Waals surface area contributed by atoms with Crippen LogP contribution in [-0.2, 0) is 4.74 Å². The summed E-state index contributed by atoms with van der Waals surface area (Å²) in [5.74, 6) is 0. The second-order valence-corrected chi connectivity index (χ2v) is 2.89. The summed E-state index contributed by atoms with van der Waals surface area (Å²) in [7, 11) is 0. The summed E-state index contributed by atoms with van der Waals surface area (Å²) in [6.07, 6.45) is -2.36. The molecule has 0 radical (unpaired) electrons. The molecule has 0 saturated carbocycles. The van der Waals surface area contributed by atoms with Crippen molar-refractivity contribution in [3.8, 4) is 0 Å². The Hall–Kier alpha value is -0.850. The summed E-state index contributed by atoms with van der Waals surface area (Å²) < 4.78 is 5.04. The summed E-state index contributed by atoms with van der Waals surface area (Å²) in [6, 6.07) is 0. The van der Waals surface area contributed by atoms with E-state index in [1.807, 2.05) is 0 Å². The van der Waals surface area contributed by atoms with Crippen LogP contribution < -0.4 is 0 Å². The number of hydrogen-bond acceptors (Lipinski definition) is 4. The zero-order valence-electron chi connectivity index (χ0n) is 7.09. The van der Waals surface area contributed by atoms with E-state index in [1.165, 1.54) is 0 Å². The second-order valence-electron chi connectivity index (χ2n) is 2.89. The maximum atomic E-state index is 10.5. The minimum atomic E-state index is -1.06. The first-order valence-corrected chi connectivity index (χ1v) is 4.03. The van der Waals surface area contributed by atoms with Gasteiger partial charge in [0.15, 0.2) is 0 Å². The zero-order chi connectivity index (χ0) is 9.84. The van der Waals surface area contributed by atoms with E-state index >= 15 is 0 Å². The lowest BCUT2D eigenvalue weighted by Gasteiger charge is -2.13. The van der Waals surface area contributed by atoms with Gasteiger partial charge in [0, 0.05) is 0 Å². The molecule has 0 aromatic carbocycles. The lowest BCUT2D eigenvalue weighted by Crippen LogP contribution is -2.29. The highest BCUT2D eigenvalue weighted by atomic mass is 16.5. The molecule has 1 rings (SSSR count). The first-order valence-electron chi connectivity index (χ1n) is 4.03. The molecule has 6 heteroatoms. The molecule has 1 aliphatic rings. The Morgan fingerprint density at radius 3 is 2.69 bits per heavy atom. The predicted octanol–water partition coefficient (Wildman–Crippen LogP) is -1.28. The number of aliphatic hydroxyl groups is 2. The van der Waals surface area contributed by atoms with Gasteiger partial charge in [0.05, 0.1) is 32.4 Å². The topological polar surface area (TPSA) is 90.2 Å². The van der Waals surface area contributed by atoms with E-state index in [0.717, 1.165) is 4.90 Å². The minimum absolute atomic E-state index is 0.0748. The summed E-state index contributed by atoms with van der Waals surface area (Å²) in [5.41, 5.74) is 0. The van der Waals surface area contributed by atoms with E-state index < -0.39 is 18.3 Å². The van der Waals surface area contributed by atoms with Crippen LogP contribution in [0.25, 0.3) is 0 Å². The normalized spacial score (nSPS) is 28.0. The zero-order valence-corrected chi connectivity index (χ0v) is 7.09. The summed E-state index contributed by atoms with van der Waals surface area (Å²) in [5, 5.41) is 26.4. The highest BCUT2D eigenvalue weighted by Gasteiger charge is 2.34. The van der Waals surface area contributed by atoms with E-state index in [1.54, 1.807) is 0 Å². The third kappa shape index (κ3) is 2.55. The summed E-state index contributed by atoms with van der Waals surface area (Å²) in [4.78, 5) is 11.6. The first kappa shape index (κ1) is 10.2. The molecule has 0 aromatic rings. The molecule has 1 saturated heterocycles. The number of nitrogens with zero attached hydrogens (tertiary/aromatic N) is 1. The van der Waals surface area contributed by atoms with Gasteiger partial charge in [-0.1, -0.05) is 0 Å². The maximum absolute atomic E-state index is 10.5. The molecule has 76 valence electrons. The highest BCUT2D eigenvalue weighted by molar-refractivity contribution is 5.65. The van der Waals surface area contributed by atoms with Crippen molar-refractivity contribution in [3.05, 3.63) is 0 Å². The smallest absolute Gasteiger partial charge is 0.407 e. The lowest BCUT2D eigenvalue weighted by atomic mass is 10.3. The Morgan fingerprint density at radius 1 is 1.54 bits per heavy atom. The average molecular weight is 191 g/mol. The van der Waals surface area contributed by atoms with Crippen LogP contribution in [-0.4, -0.2) is 64.8 Å². The van der Waals surface area contributed by atoms with E-state index in [0.29, 0.717) is 0 Å². The molecule has 0 unspecified atom stereocenters. The molecule has 1 amide bonds. The molecule has 0 spiro atoms. The van der Waals surface area contributed by atoms with Crippen molar-refractivity contribution in [2.75, 3.05) is 26.3 Å². The van der Waals surface area contributed by atoms with Crippen LogP contribution in [0.4, 0.5) is 4.79 Å². The Bertz CT molecular complexity index is 186. The SMILES string of the molecule is O=C(O)N1C[C@H](OCCO)[C@@H](O)C1. The number of carboxylic acid groups (broad SMARTS) is 1. The molecule has 3 N–H and O–H groups in total. The molecular weight excluding hydrogens is 178 g/mol. The first-order chi connectivity index (χ1) is 6.15. The van der Waals surface area contributed by atoms with Crippen molar-refractivity contribution < 1.29 is 24.9 Å². The Morgan fingerprint density at radius 2 is 2.23 bits per heavy atom. The number of amides is 1. The molecule has 6 nitrogen and oxygen atoms in total. The predicted molar refractivity (Wildman–Crippen MR) is 42.4 cm³/mol. The van der Waals surface area contributed by atoms with Gasteiger partial charge in [-0.15, -0.1) is 0 Å². The van der Waals surface area contributed by atoms with Gasteiger partial charge < -0.3 is 25.0 Å². The van der Waals surface area contributed by atoms with E-state index in [2.05, 4.69) is 0 Å². The number of rotatable bonds is 3. The third-order valence-corrected chi connectivity index (χ3v) is 1.93. The van der Waals surface area contributed by atoms with Gasteiger partial charge in [-0.25, -0.2) is 4.79 Å². The number of β-amino-alcohol motifs (C(OH)–C–C–N with tert-alkyl or cyclic N) is 1. The van der Waals surface area contributed by atoms with Crippen molar-refractivity contribution in [1.29, 1.82) is 0 Å². The van der Waals surface area contributed by atoms with Crippen LogP contribution in [0.2, 0.25) is 0 Å². The lowest BCUT2D eigenvalue weighted by molar-refractivity contribution is -0.0211. The van der Waals surface area contributed by atoms with E-state index in [4.69, 9.17) is 14.9 Å². The maximum Gasteiger partial charge on any atom is 0.407 e. The fraction of sp³-hybridized carbons (Fsp3) is 0.857. The van der Waals surface area contributed by atoms with Gasteiger partial charge >= 0.3 is 6.09 Å². The molecule has 0 aliphatic carbocycles. The van der Waals surface area contributed by atoms with Crippen molar-refractivity contribution in [3.63, 3.8) is 0 Å². The van der Waals surface area contributed by atoms with Crippen molar-refractivity contribution in [1.82, 2.24) is 4.90 Å². The molecule has 13 heavy (non-hydrogen) atoms. The number of likely N-dealkylation sites (tertiary alicyclic amines) is 1. The molecule has 0 aromatic heterocycles. The van der Waals surface area contributed by atoms with Crippen LogP contribution in [0.3, 0.4) is 0 Å². The van der Waals surface area contributed by atoms with Crippen molar-refractivity contribution >= 4 is 6.09 Å². The van der Waals surface area contributed by atoms with Gasteiger partial charge in [0.2, 0.25) is 0 Å². The summed E-state index contributed by atoms with van der Waals surface area (Å²) in [6.45, 7) is 0.230. The number of carbonyl (C=O) groups is 1. The van der Waals surface area contributed by atoms with Crippen molar-refractivity contribution in [2.24, 2.45) is 0 Å². The monoisotopic (exact) mass is 191 g/mol. The fourth-order valence-electron chi connectivity index (χ4n) is 1.28. The van der Waals surface area contributed by atoms with Crippen LogP contribution in [0.5, 0.6) is 0 Å². The second kappa shape index (κ2) is 4.40. The van der Waals surface area contributed by atoms with Gasteiger partial charge in [-0.3, -0.25) is 0 Å². The Balaban J connectivity index is 2.37. The van der Waals surface area contributed by atoms with Crippen LogP contribution in [0.1, 0.15) is 0 Å². The molecule has 2 atom stereocenters. The molecule has 1 heterocycles. The Kier molecular flexibility index (Phi) is 3.47. The van der Waals surface area contributed by atoms with E-state index in [-0.39, 0.29) is 26.3 Å². The van der Waals surface area contributed by atoms with Crippen LogP contribution in [0, 0.1) is 0 Å². The Labute approximate surface area is 75.3 Å². The van der Waals surface area contributed by atoms with Crippen molar-refractivity contribution in [2.45, 2.75) is 12.2 Å². The minimum Gasteiger partial charge on any atom is -0.465 e. The van der Waals surface area contributed by atoms with Gasteiger partial charge in [-0.2, -0.15) is 0 Å².